The van der Waals surface area contributed by atoms with Crippen molar-refractivity contribution in [1.29, 1.82) is 0 Å². The molecule has 10 heteroatoms. The number of aromatic nitrogens is 2. The van der Waals surface area contributed by atoms with E-state index in [0.29, 0.717) is 22.2 Å². The number of nitrogens with zero attached hydrogens (tertiary/aromatic N) is 3. The third kappa shape index (κ3) is 5.23. The lowest BCUT2D eigenvalue weighted by Crippen LogP contribution is -2.42. The average Bonchev–Trinajstić information content (AvgIpc) is 3.23. The molecule has 4 rings (SSSR count). The van der Waals surface area contributed by atoms with Crippen LogP contribution < -0.4 is 5.32 Å². The van der Waals surface area contributed by atoms with Gasteiger partial charge in [0.15, 0.2) is 11.5 Å². The summed E-state index contributed by atoms with van der Waals surface area (Å²) < 4.78 is 41.4. The number of alkyl halides is 3. The fraction of sp³-hybridized carbons (Fsp3) is 0.320. The van der Waals surface area contributed by atoms with Crippen LogP contribution in [0.4, 0.5) is 19.0 Å². The maximum atomic E-state index is 13.4. The van der Waals surface area contributed by atoms with E-state index in [0.717, 1.165) is 16.3 Å². The van der Waals surface area contributed by atoms with Crippen molar-refractivity contribution in [3.8, 4) is 0 Å². The van der Waals surface area contributed by atoms with Crippen molar-refractivity contribution in [2.75, 3.05) is 0 Å². The third-order valence-corrected chi connectivity index (χ3v) is 6.75. The second-order valence-corrected chi connectivity index (χ2v) is 9.61. The normalized spacial score (nSPS) is 17.8. The quantitative estimate of drug-likeness (QED) is 0.393. The Balaban J connectivity index is 1.68. The molecule has 2 heterocycles. The Morgan fingerprint density at radius 2 is 1.77 bits per heavy atom. The molecule has 2 atom stereocenters. The molecule has 1 aliphatic heterocycles. The maximum absolute atomic E-state index is 13.4. The van der Waals surface area contributed by atoms with Gasteiger partial charge in [0.05, 0.1) is 16.1 Å². The van der Waals surface area contributed by atoms with Crippen molar-refractivity contribution >= 4 is 40.6 Å². The summed E-state index contributed by atoms with van der Waals surface area (Å²) in [7, 11) is 0. The molecule has 0 radical (unpaired) electrons. The number of carbonyl (C=O) groups excluding carboxylic acids is 1. The standard InChI is InChI=1S/C25H23Cl2F3N4O/c1-13(2)16-6-4-15(5-7-16)12-31-24(35)22-14(3)32-21-11-20(25(28,29)30)33-34(21)23(22)17-8-9-18(26)19(27)10-17/h4-11,13,22-23H,12H2,1-3H3,(H,31,35). The van der Waals surface area contributed by atoms with Gasteiger partial charge >= 0.3 is 6.18 Å². The average molecular weight is 523 g/mol. The number of carbonyl (C=O) groups is 1. The number of amides is 1. The van der Waals surface area contributed by atoms with Crippen LogP contribution in [0.2, 0.25) is 10.0 Å². The van der Waals surface area contributed by atoms with Gasteiger partial charge < -0.3 is 5.32 Å². The van der Waals surface area contributed by atoms with Crippen molar-refractivity contribution in [2.24, 2.45) is 10.9 Å². The highest BCUT2D eigenvalue weighted by Crippen LogP contribution is 2.41. The zero-order chi connectivity index (χ0) is 25.5. The second-order valence-electron chi connectivity index (χ2n) is 8.79. The van der Waals surface area contributed by atoms with Gasteiger partial charge in [-0.2, -0.15) is 18.3 Å². The summed E-state index contributed by atoms with van der Waals surface area (Å²) in [4.78, 5) is 17.7. The number of benzene rings is 2. The Bertz CT molecular complexity index is 1280. The second kappa shape index (κ2) is 9.66. The minimum atomic E-state index is -4.66. The van der Waals surface area contributed by atoms with Gasteiger partial charge in [0.1, 0.15) is 5.92 Å². The molecule has 1 aromatic heterocycles. The number of nitrogens with one attached hydrogen (secondary N) is 1. The van der Waals surface area contributed by atoms with Crippen LogP contribution in [0.1, 0.15) is 55.1 Å². The lowest BCUT2D eigenvalue weighted by Gasteiger charge is -2.31. The van der Waals surface area contributed by atoms with E-state index in [9.17, 15) is 18.0 Å². The first-order valence-electron chi connectivity index (χ1n) is 11.0. The molecule has 0 bridgehead atoms. The molecule has 2 unspecified atom stereocenters. The highest BCUT2D eigenvalue weighted by atomic mass is 35.5. The van der Waals surface area contributed by atoms with Crippen LogP contribution in [0.3, 0.4) is 0 Å². The van der Waals surface area contributed by atoms with Gasteiger partial charge in [0.2, 0.25) is 5.91 Å². The zero-order valence-electron chi connectivity index (χ0n) is 19.2. The number of rotatable bonds is 5. The Kier molecular flexibility index (Phi) is 6.97. The lowest BCUT2D eigenvalue weighted by atomic mass is 9.87. The van der Waals surface area contributed by atoms with Crippen molar-refractivity contribution in [1.82, 2.24) is 15.1 Å². The van der Waals surface area contributed by atoms with Gasteiger partial charge in [-0.15, -0.1) is 0 Å². The van der Waals surface area contributed by atoms with Crippen LogP contribution >= 0.6 is 23.2 Å². The molecule has 0 fully saturated rings. The van der Waals surface area contributed by atoms with E-state index in [1.54, 1.807) is 19.1 Å². The van der Waals surface area contributed by atoms with Crippen LogP contribution in [0.15, 0.2) is 53.5 Å². The monoisotopic (exact) mass is 522 g/mol. The van der Waals surface area contributed by atoms with Crippen molar-refractivity contribution in [3.63, 3.8) is 0 Å². The number of halogens is 5. The summed E-state index contributed by atoms with van der Waals surface area (Å²) in [5.74, 6) is -0.892. The predicted molar refractivity (Wildman–Crippen MR) is 130 cm³/mol. The molecule has 1 aliphatic rings. The Morgan fingerprint density at radius 1 is 1.09 bits per heavy atom. The summed E-state index contributed by atoms with van der Waals surface area (Å²) in [6.45, 7) is 6.07. The summed E-state index contributed by atoms with van der Waals surface area (Å²) in [6.07, 6.45) is -4.66. The predicted octanol–water partition coefficient (Wildman–Crippen LogP) is 6.96. The highest BCUT2D eigenvalue weighted by molar-refractivity contribution is 6.42. The van der Waals surface area contributed by atoms with E-state index in [2.05, 4.69) is 29.3 Å². The topological polar surface area (TPSA) is 59.3 Å². The number of aliphatic imine (C=N–C) groups is 1. The molecule has 1 amide bonds. The van der Waals surface area contributed by atoms with Gasteiger partial charge in [-0.3, -0.25) is 4.79 Å². The van der Waals surface area contributed by atoms with E-state index in [4.69, 9.17) is 23.2 Å². The molecule has 184 valence electrons. The summed E-state index contributed by atoms with van der Waals surface area (Å²) in [5.41, 5.74) is 1.86. The molecular weight excluding hydrogens is 500 g/mol. The van der Waals surface area contributed by atoms with Crippen LogP contribution in [0, 0.1) is 5.92 Å². The first kappa shape index (κ1) is 25.3. The third-order valence-electron chi connectivity index (χ3n) is 6.01. The van der Waals surface area contributed by atoms with E-state index in [1.165, 1.54) is 11.6 Å². The minimum absolute atomic E-state index is 0.0132. The van der Waals surface area contributed by atoms with E-state index in [1.807, 2.05) is 24.3 Å². The van der Waals surface area contributed by atoms with Gasteiger partial charge in [-0.25, -0.2) is 9.67 Å². The van der Waals surface area contributed by atoms with Gasteiger partial charge in [-0.1, -0.05) is 67.4 Å². The molecule has 5 nitrogen and oxygen atoms in total. The Labute approximate surface area is 211 Å². The first-order chi connectivity index (χ1) is 16.5. The molecule has 0 spiro atoms. The molecule has 0 saturated heterocycles. The summed E-state index contributed by atoms with van der Waals surface area (Å²) >= 11 is 12.3. The zero-order valence-corrected chi connectivity index (χ0v) is 20.7. The fourth-order valence-electron chi connectivity index (χ4n) is 4.11. The molecule has 35 heavy (non-hydrogen) atoms. The summed E-state index contributed by atoms with van der Waals surface area (Å²) in [5, 5.41) is 7.18. The highest BCUT2D eigenvalue weighted by Gasteiger charge is 2.42. The SMILES string of the molecule is CC1=Nc2cc(C(F)(F)F)nn2C(c2ccc(Cl)c(Cl)c2)C1C(=O)NCc1ccc(C(C)C)cc1. The minimum Gasteiger partial charge on any atom is -0.351 e. The molecule has 3 aromatic rings. The number of hydrogen-bond acceptors (Lipinski definition) is 3. The van der Waals surface area contributed by atoms with Crippen LogP contribution in [0.5, 0.6) is 0 Å². The molecule has 1 N–H and O–H groups in total. The van der Waals surface area contributed by atoms with Crippen LogP contribution in [-0.4, -0.2) is 21.4 Å². The maximum Gasteiger partial charge on any atom is 0.435 e. The first-order valence-corrected chi connectivity index (χ1v) is 11.7. The van der Waals surface area contributed by atoms with Crippen molar-refractivity contribution < 1.29 is 18.0 Å². The van der Waals surface area contributed by atoms with Gasteiger partial charge in [0.25, 0.3) is 0 Å². The van der Waals surface area contributed by atoms with Crippen molar-refractivity contribution in [3.05, 3.63) is 81.0 Å². The van der Waals surface area contributed by atoms with Gasteiger partial charge in [-0.05, 0) is 41.7 Å². The smallest absolute Gasteiger partial charge is 0.351 e. The van der Waals surface area contributed by atoms with E-state index in [-0.39, 0.29) is 23.3 Å². The molecule has 0 saturated carbocycles. The number of fused-ring (bicyclic) bond motifs is 1. The van der Waals surface area contributed by atoms with Gasteiger partial charge in [0, 0.05) is 18.3 Å². The summed E-state index contributed by atoms with van der Waals surface area (Å²) in [6, 6.07) is 12.6. The fourth-order valence-corrected chi connectivity index (χ4v) is 4.42. The van der Waals surface area contributed by atoms with E-state index >= 15 is 0 Å². The largest absolute Gasteiger partial charge is 0.435 e. The number of hydrogen-bond donors (Lipinski definition) is 1. The van der Waals surface area contributed by atoms with Crippen LogP contribution in [0.25, 0.3) is 0 Å². The molecular formula is C25H23Cl2F3N4O. The molecule has 2 aromatic carbocycles. The lowest BCUT2D eigenvalue weighted by molar-refractivity contribution is -0.141. The van der Waals surface area contributed by atoms with Crippen LogP contribution in [-0.2, 0) is 17.5 Å². The van der Waals surface area contributed by atoms with Crippen molar-refractivity contribution in [2.45, 2.75) is 45.5 Å². The molecule has 0 aliphatic carbocycles. The Hall–Kier alpha value is -2.84. The van der Waals surface area contributed by atoms with E-state index < -0.39 is 23.8 Å². The Morgan fingerprint density at radius 3 is 2.37 bits per heavy atom.